The molecule has 1 N–H and O–H groups in total. The lowest BCUT2D eigenvalue weighted by atomic mass is 10.1. The number of aromatic nitrogens is 1. The summed E-state index contributed by atoms with van der Waals surface area (Å²) in [6.45, 7) is 0.478. The molecule has 1 aliphatic heterocycles. The molecule has 5 rings (SSSR count). The Kier molecular flexibility index (Phi) is 4.52. The number of carbonyl (C=O) groups excluding carboxylic acids is 1. The quantitative estimate of drug-likeness (QED) is 0.516. The van der Waals surface area contributed by atoms with Crippen LogP contribution in [0, 0.1) is 0 Å². The van der Waals surface area contributed by atoms with Crippen molar-refractivity contribution < 1.29 is 13.2 Å². The second-order valence-corrected chi connectivity index (χ2v) is 9.90. The molecule has 150 valence electrons. The number of hydrogen-bond acceptors (Lipinski definition) is 5. The van der Waals surface area contributed by atoms with E-state index in [9.17, 15) is 13.2 Å². The van der Waals surface area contributed by atoms with Crippen LogP contribution in [0.4, 0.5) is 11.4 Å². The second kappa shape index (κ2) is 7.23. The lowest BCUT2D eigenvalue weighted by Crippen LogP contribution is -2.47. The van der Waals surface area contributed by atoms with Crippen molar-refractivity contribution in [1.29, 1.82) is 0 Å². The van der Waals surface area contributed by atoms with E-state index < -0.39 is 10.0 Å². The van der Waals surface area contributed by atoms with Crippen molar-refractivity contribution in [2.24, 2.45) is 0 Å². The molecule has 0 radical (unpaired) electrons. The van der Waals surface area contributed by atoms with Crippen LogP contribution in [0.25, 0.3) is 21.3 Å². The van der Waals surface area contributed by atoms with Gasteiger partial charge in [0.25, 0.3) is 5.91 Å². The molecule has 0 bridgehead atoms. The van der Waals surface area contributed by atoms with Crippen molar-refractivity contribution in [3.8, 4) is 11.3 Å². The third-order valence-corrected chi connectivity index (χ3v) is 7.77. The van der Waals surface area contributed by atoms with Crippen LogP contribution >= 0.6 is 11.3 Å². The highest BCUT2D eigenvalue weighted by Gasteiger charge is 2.32. The van der Waals surface area contributed by atoms with Gasteiger partial charge in [0, 0.05) is 29.6 Å². The Hall–Kier alpha value is -3.23. The topological polar surface area (TPSA) is 79.4 Å². The van der Waals surface area contributed by atoms with Gasteiger partial charge in [-0.05, 0) is 59.3 Å². The predicted octanol–water partition coefficient (Wildman–Crippen LogP) is 4.37. The molecule has 0 saturated carbocycles. The first-order chi connectivity index (χ1) is 14.5. The molecular weight excluding hydrogens is 418 g/mol. The SMILES string of the molecule is O=C(Nc1cccc(-c2nccc3ccsc23)c1)c1ccc(N2CCS2(=O)=O)cc1. The molecular formula is C22H17N3O3S2. The first-order valence-electron chi connectivity index (χ1n) is 9.36. The summed E-state index contributed by atoms with van der Waals surface area (Å²) in [5.74, 6) is -0.0907. The van der Waals surface area contributed by atoms with E-state index in [1.165, 1.54) is 4.31 Å². The molecule has 2 aromatic heterocycles. The van der Waals surface area contributed by atoms with Gasteiger partial charge in [0.15, 0.2) is 0 Å². The van der Waals surface area contributed by atoms with E-state index >= 15 is 0 Å². The van der Waals surface area contributed by atoms with Crippen LogP contribution in [0.5, 0.6) is 0 Å². The fourth-order valence-corrected chi connectivity index (χ4v) is 5.46. The number of rotatable bonds is 4. The Morgan fingerprint density at radius 2 is 1.90 bits per heavy atom. The maximum Gasteiger partial charge on any atom is 0.255 e. The van der Waals surface area contributed by atoms with Crippen LogP contribution in [-0.4, -0.2) is 31.6 Å². The number of carbonyl (C=O) groups is 1. The Bertz CT molecular complexity index is 1360. The van der Waals surface area contributed by atoms with Gasteiger partial charge in [-0.15, -0.1) is 11.3 Å². The van der Waals surface area contributed by atoms with Crippen LogP contribution in [0.15, 0.2) is 72.2 Å². The van der Waals surface area contributed by atoms with E-state index in [1.807, 2.05) is 35.7 Å². The van der Waals surface area contributed by atoms with E-state index in [2.05, 4.69) is 16.4 Å². The largest absolute Gasteiger partial charge is 0.322 e. The molecule has 6 nitrogen and oxygen atoms in total. The zero-order chi connectivity index (χ0) is 20.7. The van der Waals surface area contributed by atoms with Crippen LogP contribution in [-0.2, 0) is 10.0 Å². The summed E-state index contributed by atoms with van der Waals surface area (Å²) in [7, 11) is -3.17. The maximum absolute atomic E-state index is 12.7. The highest BCUT2D eigenvalue weighted by molar-refractivity contribution is 7.94. The van der Waals surface area contributed by atoms with Crippen molar-refractivity contribution in [2.45, 2.75) is 0 Å². The van der Waals surface area contributed by atoms with Crippen LogP contribution in [0.1, 0.15) is 10.4 Å². The summed E-state index contributed by atoms with van der Waals surface area (Å²) in [4.78, 5) is 17.2. The van der Waals surface area contributed by atoms with Crippen LogP contribution in [0.2, 0.25) is 0 Å². The normalized spacial score (nSPS) is 15.0. The zero-order valence-electron chi connectivity index (χ0n) is 15.8. The number of pyridine rings is 1. The summed E-state index contributed by atoms with van der Waals surface area (Å²) in [6.07, 6.45) is 1.79. The molecule has 0 atom stereocenters. The molecule has 1 amide bonds. The molecule has 0 unspecified atom stereocenters. The van der Waals surface area contributed by atoms with Crippen molar-refractivity contribution in [3.63, 3.8) is 0 Å². The number of nitrogens with one attached hydrogen (secondary N) is 1. The standard InChI is InChI=1S/C22H17N3O3S2/c26-22(16-4-6-19(7-5-16)25-11-13-30(25,27)28)24-18-3-1-2-17(14-18)20-21-15(8-10-23-20)9-12-29-21/h1-10,12,14H,11,13H2,(H,24,26). The molecule has 1 fully saturated rings. The minimum Gasteiger partial charge on any atom is -0.322 e. The molecule has 8 heteroatoms. The van der Waals surface area contributed by atoms with Gasteiger partial charge in [-0.2, -0.15) is 0 Å². The minimum absolute atomic E-state index is 0.166. The smallest absolute Gasteiger partial charge is 0.255 e. The molecule has 0 aliphatic carbocycles. The maximum atomic E-state index is 12.7. The molecule has 4 aromatic rings. The zero-order valence-corrected chi connectivity index (χ0v) is 17.4. The Balaban J connectivity index is 1.37. The fraction of sp³-hybridized carbons (Fsp3) is 0.0909. The molecule has 1 aliphatic rings. The van der Waals surface area contributed by atoms with Gasteiger partial charge in [0.05, 0.1) is 21.8 Å². The number of nitrogens with zero attached hydrogens (tertiary/aromatic N) is 2. The summed E-state index contributed by atoms with van der Waals surface area (Å²) >= 11 is 1.64. The van der Waals surface area contributed by atoms with E-state index in [0.717, 1.165) is 21.3 Å². The van der Waals surface area contributed by atoms with Crippen molar-refractivity contribution >= 4 is 48.7 Å². The fourth-order valence-electron chi connectivity index (χ4n) is 3.45. The minimum atomic E-state index is -3.17. The van der Waals surface area contributed by atoms with Gasteiger partial charge in [-0.25, -0.2) is 8.42 Å². The summed E-state index contributed by atoms with van der Waals surface area (Å²) < 4.78 is 25.9. The second-order valence-electron chi connectivity index (χ2n) is 6.97. The number of sulfonamides is 1. The summed E-state index contributed by atoms with van der Waals surface area (Å²) in [6, 6.07) is 18.2. The van der Waals surface area contributed by atoms with Crippen molar-refractivity contribution in [2.75, 3.05) is 21.9 Å². The highest BCUT2D eigenvalue weighted by Crippen LogP contribution is 2.32. The van der Waals surface area contributed by atoms with Gasteiger partial charge in [-0.3, -0.25) is 14.1 Å². The number of benzene rings is 2. The van der Waals surface area contributed by atoms with E-state index in [4.69, 9.17) is 0 Å². The molecule has 3 heterocycles. The third kappa shape index (κ3) is 3.34. The number of hydrogen-bond donors (Lipinski definition) is 1. The average molecular weight is 436 g/mol. The molecule has 2 aromatic carbocycles. The number of anilines is 2. The lowest BCUT2D eigenvalue weighted by molar-refractivity contribution is 0.102. The van der Waals surface area contributed by atoms with Crippen molar-refractivity contribution in [3.05, 3.63) is 77.8 Å². The summed E-state index contributed by atoms with van der Waals surface area (Å²) in [5, 5.41) is 6.09. The van der Waals surface area contributed by atoms with Gasteiger partial charge in [-0.1, -0.05) is 12.1 Å². The van der Waals surface area contributed by atoms with E-state index in [0.29, 0.717) is 23.5 Å². The van der Waals surface area contributed by atoms with Gasteiger partial charge in [0.2, 0.25) is 10.0 Å². The van der Waals surface area contributed by atoms with Gasteiger partial charge < -0.3 is 5.32 Å². The number of fused-ring (bicyclic) bond motifs is 1. The number of amides is 1. The first kappa shape index (κ1) is 18.8. The predicted molar refractivity (Wildman–Crippen MR) is 121 cm³/mol. The Labute approximate surface area is 177 Å². The first-order valence-corrected chi connectivity index (χ1v) is 11.8. The number of thiophene rings is 1. The van der Waals surface area contributed by atoms with Crippen LogP contribution < -0.4 is 9.62 Å². The van der Waals surface area contributed by atoms with Gasteiger partial charge in [0.1, 0.15) is 0 Å². The van der Waals surface area contributed by atoms with Crippen molar-refractivity contribution in [1.82, 2.24) is 4.98 Å². The van der Waals surface area contributed by atoms with Crippen LogP contribution in [0.3, 0.4) is 0 Å². The highest BCUT2D eigenvalue weighted by atomic mass is 32.2. The van der Waals surface area contributed by atoms with Gasteiger partial charge >= 0.3 is 0 Å². The Morgan fingerprint density at radius 1 is 1.07 bits per heavy atom. The lowest BCUT2D eigenvalue weighted by Gasteiger charge is -2.32. The molecule has 30 heavy (non-hydrogen) atoms. The Morgan fingerprint density at radius 3 is 2.63 bits per heavy atom. The molecule has 0 spiro atoms. The summed E-state index contributed by atoms with van der Waals surface area (Å²) in [5.41, 5.74) is 3.52. The van der Waals surface area contributed by atoms with E-state index in [-0.39, 0.29) is 11.7 Å². The monoisotopic (exact) mass is 435 g/mol. The third-order valence-electron chi connectivity index (χ3n) is 5.07. The average Bonchev–Trinajstić information content (AvgIpc) is 3.23. The molecule has 1 saturated heterocycles. The van der Waals surface area contributed by atoms with E-state index in [1.54, 1.807) is 41.8 Å².